The van der Waals surface area contributed by atoms with Crippen LogP contribution < -0.4 is 5.32 Å². The Morgan fingerprint density at radius 1 is 1.36 bits per heavy atom. The number of benzene rings is 1. The Kier molecular flexibility index (Phi) is 4.94. The lowest BCUT2D eigenvalue weighted by Gasteiger charge is -2.24. The molecule has 0 aliphatic heterocycles. The van der Waals surface area contributed by atoms with Gasteiger partial charge in [-0.25, -0.2) is 0 Å². The van der Waals surface area contributed by atoms with E-state index >= 15 is 0 Å². The van der Waals surface area contributed by atoms with E-state index in [1.165, 1.54) is 12.3 Å². The number of rotatable bonds is 5. The van der Waals surface area contributed by atoms with E-state index in [2.05, 4.69) is 15.3 Å². The molecule has 0 radical (unpaired) electrons. The summed E-state index contributed by atoms with van der Waals surface area (Å²) < 4.78 is 12.6. The number of nitrogens with zero attached hydrogens (tertiary/aromatic N) is 1. The number of amides is 1. The van der Waals surface area contributed by atoms with Crippen LogP contribution in [-0.4, -0.2) is 21.0 Å². The summed E-state index contributed by atoms with van der Waals surface area (Å²) in [5.41, 5.74) is 1.36. The van der Waals surface area contributed by atoms with Crippen molar-refractivity contribution in [1.29, 1.82) is 0 Å². The predicted molar refractivity (Wildman–Crippen MR) is 96.2 cm³/mol. The number of fused-ring (bicyclic) bond motifs is 1. The standard InChI is InChI=1S/C18H18FN3O2S/c1-10(2)15(22-18(24)14-8-12(25-19)9-21-14)13-6-5-11-4-3-7-20-16(11)17(13)23/h3-10,15,21,23H,1-2H3,(H,22,24). The van der Waals surface area contributed by atoms with Crippen molar-refractivity contribution in [2.24, 2.45) is 5.92 Å². The molecular weight excluding hydrogens is 341 g/mol. The van der Waals surface area contributed by atoms with Crippen LogP contribution in [0.4, 0.5) is 3.89 Å². The molecule has 7 heteroatoms. The van der Waals surface area contributed by atoms with Gasteiger partial charge in [0.25, 0.3) is 5.91 Å². The van der Waals surface area contributed by atoms with E-state index < -0.39 is 6.04 Å². The lowest BCUT2D eigenvalue weighted by atomic mass is 9.94. The zero-order chi connectivity index (χ0) is 18.0. The number of aromatic nitrogens is 2. The molecule has 0 fully saturated rings. The predicted octanol–water partition coefficient (Wildman–Crippen LogP) is 4.37. The van der Waals surface area contributed by atoms with E-state index in [4.69, 9.17) is 0 Å². The number of aromatic hydroxyl groups is 1. The summed E-state index contributed by atoms with van der Waals surface area (Å²) in [5, 5.41) is 14.3. The summed E-state index contributed by atoms with van der Waals surface area (Å²) in [7, 11) is 0. The Labute approximate surface area is 149 Å². The molecule has 130 valence electrons. The minimum atomic E-state index is -0.413. The second-order valence-corrected chi connectivity index (χ2v) is 6.73. The van der Waals surface area contributed by atoms with Crippen molar-refractivity contribution in [2.75, 3.05) is 0 Å². The van der Waals surface area contributed by atoms with Crippen molar-refractivity contribution in [2.45, 2.75) is 24.8 Å². The van der Waals surface area contributed by atoms with Crippen LogP contribution in [0, 0.1) is 5.92 Å². The van der Waals surface area contributed by atoms with Crippen molar-refractivity contribution < 1.29 is 13.8 Å². The van der Waals surface area contributed by atoms with Gasteiger partial charge in [0.1, 0.15) is 17.0 Å². The SMILES string of the molecule is CC(C)C(NC(=O)c1cc(SF)c[nH]1)c1ccc2cccnc2c1O. The fraction of sp³-hybridized carbons (Fsp3) is 0.222. The van der Waals surface area contributed by atoms with Crippen LogP contribution in [0.25, 0.3) is 10.9 Å². The molecule has 0 aliphatic carbocycles. The first-order valence-electron chi connectivity index (χ1n) is 7.85. The van der Waals surface area contributed by atoms with Crippen molar-refractivity contribution in [3.05, 3.63) is 54.0 Å². The Hall–Kier alpha value is -2.54. The molecule has 0 aliphatic rings. The molecule has 0 spiro atoms. The topological polar surface area (TPSA) is 78.0 Å². The molecular formula is C18H18FN3O2S. The van der Waals surface area contributed by atoms with E-state index in [0.29, 0.717) is 16.0 Å². The molecule has 0 saturated carbocycles. The molecule has 0 saturated heterocycles. The zero-order valence-electron chi connectivity index (χ0n) is 13.8. The summed E-state index contributed by atoms with van der Waals surface area (Å²) in [4.78, 5) is 19.8. The molecule has 1 atom stereocenters. The third-order valence-corrected chi connectivity index (χ3v) is 4.47. The zero-order valence-corrected chi connectivity index (χ0v) is 14.6. The summed E-state index contributed by atoms with van der Waals surface area (Å²) in [6.45, 7) is 3.90. The number of nitrogens with one attached hydrogen (secondary N) is 2. The number of hydrogen-bond donors (Lipinski definition) is 3. The van der Waals surface area contributed by atoms with E-state index in [0.717, 1.165) is 5.39 Å². The normalized spacial score (nSPS) is 12.5. The first-order chi connectivity index (χ1) is 12.0. The number of H-pyrrole nitrogens is 1. The molecule has 3 aromatic rings. The summed E-state index contributed by atoms with van der Waals surface area (Å²) >= 11 is 0.0729. The van der Waals surface area contributed by atoms with Gasteiger partial charge < -0.3 is 15.4 Å². The van der Waals surface area contributed by atoms with Crippen LogP contribution in [0.5, 0.6) is 5.75 Å². The minimum absolute atomic E-state index is 0.0287. The Morgan fingerprint density at radius 2 is 2.16 bits per heavy atom. The average Bonchev–Trinajstić information content (AvgIpc) is 3.10. The second kappa shape index (κ2) is 7.14. The van der Waals surface area contributed by atoms with Crippen LogP contribution >= 0.6 is 12.1 Å². The number of carbonyl (C=O) groups is 1. The van der Waals surface area contributed by atoms with Gasteiger partial charge in [-0.2, -0.15) is 3.89 Å². The fourth-order valence-electron chi connectivity index (χ4n) is 2.77. The number of phenols is 1. The third kappa shape index (κ3) is 3.46. The number of hydrogen-bond acceptors (Lipinski definition) is 4. The van der Waals surface area contributed by atoms with Crippen LogP contribution in [-0.2, 0) is 0 Å². The number of aromatic amines is 1. The van der Waals surface area contributed by atoms with Crippen LogP contribution in [0.3, 0.4) is 0 Å². The third-order valence-electron chi connectivity index (χ3n) is 4.06. The monoisotopic (exact) mass is 359 g/mol. The molecule has 1 aromatic carbocycles. The maximum Gasteiger partial charge on any atom is 0.268 e. The molecule has 2 heterocycles. The molecule has 2 aromatic heterocycles. The first kappa shape index (κ1) is 17.3. The summed E-state index contributed by atoms with van der Waals surface area (Å²) in [6, 6.07) is 8.36. The molecule has 1 unspecified atom stereocenters. The van der Waals surface area contributed by atoms with E-state index in [1.807, 2.05) is 26.0 Å². The highest BCUT2D eigenvalue weighted by Crippen LogP contribution is 2.34. The number of carbonyl (C=O) groups excluding carboxylic acids is 1. The average molecular weight is 359 g/mol. The second-order valence-electron chi connectivity index (χ2n) is 6.10. The van der Waals surface area contributed by atoms with Crippen molar-refractivity contribution >= 4 is 29.0 Å². The van der Waals surface area contributed by atoms with Gasteiger partial charge >= 0.3 is 0 Å². The van der Waals surface area contributed by atoms with Gasteiger partial charge in [-0.3, -0.25) is 9.78 Å². The summed E-state index contributed by atoms with van der Waals surface area (Å²) in [6.07, 6.45) is 3.05. The van der Waals surface area contributed by atoms with E-state index in [9.17, 15) is 13.8 Å². The van der Waals surface area contributed by atoms with Gasteiger partial charge in [-0.05, 0) is 18.1 Å². The lowest BCUT2D eigenvalue weighted by molar-refractivity contribution is 0.0920. The van der Waals surface area contributed by atoms with Gasteiger partial charge in [0.2, 0.25) is 0 Å². The van der Waals surface area contributed by atoms with Gasteiger partial charge in [0.15, 0.2) is 0 Å². The van der Waals surface area contributed by atoms with Crippen molar-refractivity contribution in [3.63, 3.8) is 0 Å². The van der Waals surface area contributed by atoms with E-state index in [-0.39, 0.29) is 35.4 Å². The number of halogens is 1. The molecule has 0 bridgehead atoms. The molecule has 5 nitrogen and oxygen atoms in total. The quantitative estimate of drug-likeness (QED) is 0.632. The van der Waals surface area contributed by atoms with Gasteiger partial charge in [-0.15, -0.1) is 0 Å². The van der Waals surface area contributed by atoms with Gasteiger partial charge in [0, 0.05) is 23.3 Å². The largest absolute Gasteiger partial charge is 0.505 e. The highest BCUT2D eigenvalue weighted by atomic mass is 32.2. The summed E-state index contributed by atoms with van der Waals surface area (Å²) in [5.74, 6) is -0.274. The first-order valence-corrected chi connectivity index (χ1v) is 8.57. The maximum atomic E-state index is 12.6. The Balaban J connectivity index is 1.93. The van der Waals surface area contributed by atoms with Crippen molar-refractivity contribution in [1.82, 2.24) is 15.3 Å². The van der Waals surface area contributed by atoms with Gasteiger partial charge in [-0.1, -0.05) is 32.0 Å². The molecule has 25 heavy (non-hydrogen) atoms. The number of phenolic OH excluding ortho intramolecular Hbond substituents is 1. The lowest BCUT2D eigenvalue weighted by Crippen LogP contribution is -2.32. The molecule has 3 rings (SSSR count). The fourth-order valence-corrected chi connectivity index (χ4v) is 3.03. The Morgan fingerprint density at radius 3 is 2.84 bits per heavy atom. The van der Waals surface area contributed by atoms with Crippen molar-refractivity contribution in [3.8, 4) is 5.75 Å². The molecule has 3 N–H and O–H groups in total. The molecule has 1 amide bonds. The van der Waals surface area contributed by atoms with Crippen LogP contribution in [0.2, 0.25) is 0 Å². The maximum absolute atomic E-state index is 12.6. The highest BCUT2D eigenvalue weighted by Gasteiger charge is 2.24. The smallest absolute Gasteiger partial charge is 0.268 e. The van der Waals surface area contributed by atoms with Crippen LogP contribution in [0.15, 0.2) is 47.6 Å². The highest BCUT2D eigenvalue weighted by molar-refractivity contribution is 7.94. The van der Waals surface area contributed by atoms with E-state index in [1.54, 1.807) is 18.3 Å². The Bertz CT molecular complexity index is 910. The minimum Gasteiger partial charge on any atom is -0.505 e. The van der Waals surface area contributed by atoms with Crippen LogP contribution in [0.1, 0.15) is 35.9 Å². The van der Waals surface area contributed by atoms with Gasteiger partial charge in [0.05, 0.1) is 23.1 Å². The number of pyridine rings is 1.